The van der Waals surface area contributed by atoms with E-state index in [2.05, 4.69) is 56.1 Å². The van der Waals surface area contributed by atoms with Gasteiger partial charge in [-0.1, -0.05) is 31.5 Å². The predicted molar refractivity (Wildman–Crippen MR) is 91.9 cm³/mol. The molecule has 0 bridgehead atoms. The molecule has 0 amide bonds. The molecule has 0 aliphatic rings. The van der Waals surface area contributed by atoms with Crippen LogP contribution in [0.25, 0.3) is 0 Å². The molecule has 0 spiro atoms. The zero-order chi connectivity index (χ0) is 16.0. The molecule has 3 heteroatoms. The lowest BCUT2D eigenvalue weighted by atomic mass is 10.0. The molecule has 0 heterocycles. The van der Waals surface area contributed by atoms with Crippen LogP contribution in [0.4, 0.5) is 5.69 Å². The van der Waals surface area contributed by atoms with Crippen LogP contribution in [-0.2, 0) is 6.54 Å². The number of hydrogen-bond donors (Lipinski definition) is 2. The van der Waals surface area contributed by atoms with Crippen molar-refractivity contribution in [1.29, 1.82) is 0 Å². The molecule has 0 radical (unpaired) electrons. The van der Waals surface area contributed by atoms with Gasteiger partial charge >= 0.3 is 0 Å². The number of likely N-dealkylation sites (N-methyl/N-ethyl adjacent to an activating group) is 1. The molecule has 1 rings (SSSR count). The van der Waals surface area contributed by atoms with Gasteiger partial charge < -0.3 is 15.3 Å². The van der Waals surface area contributed by atoms with E-state index in [4.69, 9.17) is 0 Å². The van der Waals surface area contributed by atoms with Crippen LogP contribution >= 0.6 is 0 Å². The van der Waals surface area contributed by atoms with Crippen molar-refractivity contribution in [2.75, 3.05) is 24.5 Å². The van der Waals surface area contributed by atoms with Crippen molar-refractivity contribution in [1.82, 2.24) is 5.32 Å². The molecule has 0 fully saturated rings. The van der Waals surface area contributed by atoms with Gasteiger partial charge in [-0.3, -0.25) is 0 Å². The van der Waals surface area contributed by atoms with E-state index in [0.717, 1.165) is 19.6 Å². The van der Waals surface area contributed by atoms with Crippen molar-refractivity contribution in [2.45, 2.75) is 53.7 Å². The molecule has 0 aliphatic carbocycles. The average Bonchev–Trinajstić information content (AvgIpc) is 2.35. The van der Waals surface area contributed by atoms with Gasteiger partial charge in [0, 0.05) is 25.3 Å². The van der Waals surface area contributed by atoms with Gasteiger partial charge in [0.25, 0.3) is 0 Å². The summed E-state index contributed by atoms with van der Waals surface area (Å²) in [5, 5.41) is 13.6. The van der Waals surface area contributed by atoms with E-state index in [0.29, 0.717) is 12.5 Å². The summed E-state index contributed by atoms with van der Waals surface area (Å²) in [6, 6.07) is 6.57. The lowest BCUT2D eigenvalue weighted by Crippen LogP contribution is -2.39. The van der Waals surface area contributed by atoms with E-state index in [1.54, 1.807) is 0 Å². The first kappa shape index (κ1) is 18.0. The molecule has 120 valence electrons. The fourth-order valence-corrected chi connectivity index (χ4v) is 2.49. The third-order valence-corrected chi connectivity index (χ3v) is 3.40. The molecular formula is C18H32N2O. The molecule has 1 aromatic rings. The van der Waals surface area contributed by atoms with Gasteiger partial charge in [-0.2, -0.15) is 0 Å². The molecule has 1 aromatic carbocycles. The third kappa shape index (κ3) is 6.49. The van der Waals surface area contributed by atoms with Gasteiger partial charge in [-0.15, -0.1) is 0 Å². The summed E-state index contributed by atoms with van der Waals surface area (Å²) in [5.74, 6) is 0.650. The molecule has 3 nitrogen and oxygen atoms in total. The number of nitrogens with one attached hydrogen (secondary N) is 1. The van der Waals surface area contributed by atoms with Crippen molar-refractivity contribution in [3.8, 4) is 0 Å². The molecule has 0 saturated carbocycles. The number of nitrogens with zero attached hydrogens (tertiary/aromatic N) is 1. The van der Waals surface area contributed by atoms with E-state index < -0.39 is 5.60 Å². The van der Waals surface area contributed by atoms with Crippen LogP contribution in [0.1, 0.15) is 45.7 Å². The second-order valence-corrected chi connectivity index (χ2v) is 6.98. The average molecular weight is 292 g/mol. The smallest absolute Gasteiger partial charge is 0.0765 e. The minimum absolute atomic E-state index is 0.643. The first-order valence-electron chi connectivity index (χ1n) is 8.00. The maximum atomic E-state index is 10.1. The number of hydrogen-bond acceptors (Lipinski definition) is 3. The maximum Gasteiger partial charge on any atom is 0.0765 e. The normalized spacial score (nSPS) is 12.0. The van der Waals surface area contributed by atoms with E-state index in [1.165, 1.54) is 16.8 Å². The Labute approximate surface area is 130 Å². The largest absolute Gasteiger partial charge is 0.389 e. The highest BCUT2D eigenvalue weighted by atomic mass is 16.3. The lowest BCUT2D eigenvalue weighted by molar-refractivity contribution is 0.0875. The molecule has 2 N–H and O–H groups in total. The van der Waals surface area contributed by atoms with Gasteiger partial charge in [0.05, 0.1) is 5.60 Å². The first-order chi connectivity index (χ1) is 9.73. The molecule has 0 unspecified atom stereocenters. The molecule has 0 aromatic heterocycles. The predicted octanol–water partition coefficient (Wildman–Crippen LogP) is 3.34. The Balaban J connectivity index is 2.93. The van der Waals surface area contributed by atoms with E-state index in [9.17, 15) is 5.11 Å². The van der Waals surface area contributed by atoms with Crippen molar-refractivity contribution in [3.63, 3.8) is 0 Å². The standard InChI is InChI=1S/C18H32N2O/c1-7-20(13-18(5,6)21)17-9-8-15(4)10-16(17)12-19-11-14(2)3/h8-10,14,19,21H,7,11-13H2,1-6H3. The van der Waals surface area contributed by atoms with E-state index in [1.807, 2.05) is 13.8 Å². The topological polar surface area (TPSA) is 35.5 Å². The van der Waals surface area contributed by atoms with Gasteiger partial charge in [0.1, 0.15) is 0 Å². The SMILES string of the molecule is CCN(CC(C)(C)O)c1ccc(C)cc1CNCC(C)C. The highest BCUT2D eigenvalue weighted by Gasteiger charge is 2.19. The van der Waals surface area contributed by atoms with Crippen LogP contribution < -0.4 is 10.2 Å². The van der Waals surface area contributed by atoms with Crippen LogP contribution in [-0.4, -0.2) is 30.3 Å². The van der Waals surface area contributed by atoms with Crippen LogP contribution in [0.2, 0.25) is 0 Å². The van der Waals surface area contributed by atoms with Crippen LogP contribution in [0.15, 0.2) is 18.2 Å². The van der Waals surface area contributed by atoms with Gasteiger partial charge in [-0.25, -0.2) is 0 Å². The monoisotopic (exact) mass is 292 g/mol. The fraction of sp³-hybridized carbons (Fsp3) is 0.667. The summed E-state index contributed by atoms with van der Waals surface area (Å²) in [5.41, 5.74) is 3.12. The molecule has 0 aliphatic heterocycles. The molecule has 0 saturated heterocycles. The van der Waals surface area contributed by atoms with Crippen molar-refractivity contribution in [3.05, 3.63) is 29.3 Å². The number of anilines is 1. The van der Waals surface area contributed by atoms with Crippen LogP contribution in [0.3, 0.4) is 0 Å². The Hall–Kier alpha value is -1.06. The minimum atomic E-state index is -0.691. The van der Waals surface area contributed by atoms with Gasteiger partial charge in [0.15, 0.2) is 0 Å². The summed E-state index contributed by atoms with van der Waals surface area (Å²) in [4.78, 5) is 2.26. The lowest BCUT2D eigenvalue weighted by Gasteiger charge is -2.31. The Bertz CT molecular complexity index is 435. The summed E-state index contributed by atoms with van der Waals surface area (Å²) in [6.07, 6.45) is 0. The summed E-state index contributed by atoms with van der Waals surface area (Å²) >= 11 is 0. The van der Waals surface area contributed by atoms with E-state index >= 15 is 0 Å². The Kier molecular flexibility index (Phi) is 6.69. The molecule has 0 atom stereocenters. The highest BCUT2D eigenvalue weighted by molar-refractivity contribution is 5.55. The fourth-order valence-electron chi connectivity index (χ4n) is 2.49. The Morgan fingerprint density at radius 1 is 1.29 bits per heavy atom. The maximum absolute atomic E-state index is 10.1. The summed E-state index contributed by atoms with van der Waals surface area (Å²) in [6.45, 7) is 15.9. The van der Waals surface area contributed by atoms with Crippen LogP contribution in [0.5, 0.6) is 0 Å². The number of rotatable bonds is 8. The zero-order valence-corrected chi connectivity index (χ0v) is 14.5. The first-order valence-corrected chi connectivity index (χ1v) is 8.00. The second kappa shape index (κ2) is 7.81. The number of aliphatic hydroxyl groups is 1. The Morgan fingerprint density at radius 2 is 1.95 bits per heavy atom. The third-order valence-electron chi connectivity index (χ3n) is 3.40. The van der Waals surface area contributed by atoms with Crippen LogP contribution in [0, 0.1) is 12.8 Å². The zero-order valence-electron chi connectivity index (χ0n) is 14.5. The second-order valence-electron chi connectivity index (χ2n) is 6.98. The molecule has 21 heavy (non-hydrogen) atoms. The minimum Gasteiger partial charge on any atom is -0.389 e. The van der Waals surface area contributed by atoms with Crippen molar-refractivity contribution < 1.29 is 5.11 Å². The number of aryl methyl sites for hydroxylation is 1. The Morgan fingerprint density at radius 3 is 2.48 bits per heavy atom. The summed E-state index contributed by atoms with van der Waals surface area (Å²) in [7, 11) is 0. The number of benzene rings is 1. The quantitative estimate of drug-likeness (QED) is 0.771. The van der Waals surface area contributed by atoms with Gasteiger partial charge in [0.2, 0.25) is 0 Å². The highest BCUT2D eigenvalue weighted by Crippen LogP contribution is 2.23. The van der Waals surface area contributed by atoms with Crippen molar-refractivity contribution in [2.24, 2.45) is 5.92 Å². The summed E-state index contributed by atoms with van der Waals surface area (Å²) < 4.78 is 0. The molecular weight excluding hydrogens is 260 g/mol. The van der Waals surface area contributed by atoms with Crippen molar-refractivity contribution >= 4 is 5.69 Å². The van der Waals surface area contributed by atoms with Gasteiger partial charge in [-0.05, 0) is 51.8 Å². The van der Waals surface area contributed by atoms with E-state index in [-0.39, 0.29) is 0 Å².